The molecule has 1 aliphatic rings. The average molecular weight is 287 g/mol. The summed E-state index contributed by atoms with van der Waals surface area (Å²) in [5, 5.41) is 0. The first-order valence-electron chi connectivity index (χ1n) is 5.46. The third kappa shape index (κ3) is 3.77. The first-order chi connectivity index (χ1) is 7.84. The third-order valence-corrected chi connectivity index (χ3v) is 2.81. The molecular formula is C12H15BrO3. The molecule has 1 heterocycles. The van der Waals surface area contributed by atoms with Crippen LogP contribution >= 0.6 is 15.9 Å². The summed E-state index contributed by atoms with van der Waals surface area (Å²) in [5.74, 6) is 0.866. The molecule has 1 aromatic carbocycles. The highest BCUT2D eigenvalue weighted by atomic mass is 79.9. The fourth-order valence-electron chi connectivity index (χ4n) is 1.53. The van der Waals surface area contributed by atoms with Gasteiger partial charge in [-0.05, 0) is 24.6 Å². The lowest BCUT2D eigenvalue weighted by Crippen LogP contribution is -2.26. The molecule has 2 rings (SSSR count). The molecule has 1 aliphatic heterocycles. The number of ether oxygens (including phenoxy) is 3. The molecule has 0 N–H and O–H groups in total. The van der Waals surface area contributed by atoms with Gasteiger partial charge >= 0.3 is 0 Å². The zero-order valence-corrected chi connectivity index (χ0v) is 10.6. The van der Waals surface area contributed by atoms with Crippen molar-refractivity contribution < 1.29 is 14.2 Å². The van der Waals surface area contributed by atoms with Crippen LogP contribution in [0.4, 0.5) is 0 Å². The number of rotatable bonds is 4. The largest absolute Gasteiger partial charge is 0.493 e. The van der Waals surface area contributed by atoms with Crippen molar-refractivity contribution in [1.29, 1.82) is 0 Å². The molecule has 3 nitrogen and oxygen atoms in total. The van der Waals surface area contributed by atoms with Crippen LogP contribution in [0.1, 0.15) is 12.8 Å². The van der Waals surface area contributed by atoms with Crippen LogP contribution in [0.25, 0.3) is 0 Å². The van der Waals surface area contributed by atoms with Gasteiger partial charge in [0.2, 0.25) is 0 Å². The minimum atomic E-state index is -0.0964. The van der Waals surface area contributed by atoms with Crippen molar-refractivity contribution in [1.82, 2.24) is 0 Å². The molecule has 1 aromatic rings. The summed E-state index contributed by atoms with van der Waals surface area (Å²) in [6.07, 6.45) is 1.66. The predicted molar refractivity (Wildman–Crippen MR) is 64.6 cm³/mol. The van der Waals surface area contributed by atoms with E-state index in [2.05, 4.69) is 15.9 Å². The minimum Gasteiger partial charge on any atom is -0.493 e. The van der Waals surface area contributed by atoms with Gasteiger partial charge in [-0.3, -0.25) is 0 Å². The Morgan fingerprint density at radius 2 is 2.12 bits per heavy atom. The van der Waals surface area contributed by atoms with Crippen molar-refractivity contribution >= 4 is 15.9 Å². The van der Waals surface area contributed by atoms with Crippen LogP contribution in [0.5, 0.6) is 5.75 Å². The summed E-state index contributed by atoms with van der Waals surface area (Å²) in [4.78, 5) is 0. The van der Waals surface area contributed by atoms with Gasteiger partial charge in [0.15, 0.2) is 6.29 Å². The average Bonchev–Trinajstić information content (AvgIpc) is 2.30. The molecule has 16 heavy (non-hydrogen) atoms. The Balaban J connectivity index is 1.71. The molecule has 0 radical (unpaired) electrons. The van der Waals surface area contributed by atoms with Crippen molar-refractivity contribution in [2.75, 3.05) is 19.8 Å². The second-order valence-corrected chi connectivity index (χ2v) is 4.53. The molecule has 0 atom stereocenters. The summed E-state index contributed by atoms with van der Waals surface area (Å²) < 4.78 is 17.5. The topological polar surface area (TPSA) is 27.7 Å². The Labute approximate surface area is 104 Å². The number of hydrogen-bond donors (Lipinski definition) is 0. The smallest absolute Gasteiger partial charge is 0.160 e. The lowest BCUT2D eigenvalue weighted by molar-refractivity contribution is -0.183. The lowest BCUT2D eigenvalue weighted by atomic mass is 10.3. The Bertz CT molecular complexity index is 324. The van der Waals surface area contributed by atoms with E-state index in [0.717, 1.165) is 36.3 Å². The van der Waals surface area contributed by atoms with Crippen molar-refractivity contribution in [3.63, 3.8) is 0 Å². The van der Waals surface area contributed by atoms with Gasteiger partial charge in [-0.15, -0.1) is 0 Å². The van der Waals surface area contributed by atoms with E-state index < -0.39 is 0 Å². The Morgan fingerprint density at radius 1 is 1.31 bits per heavy atom. The first-order valence-corrected chi connectivity index (χ1v) is 6.25. The third-order valence-electron chi connectivity index (χ3n) is 2.31. The molecular weight excluding hydrogens is 272 g/mol. The molecule has 0 amide bonds. The summed E-state index contributed by atoms with van der Waals surface area (Å²) in [6.45, 7) is 2.20. The maximum atomic E-state index is 5.60. The van der Waals surface area contributed by atoms with E-state index in [-0.39, 0.29) is 6.29 Å². The standard InChI is InChI=1S/C12H15BrO3/c13-10-3-1-4-11(9-10)14-8-5-12-15-6-2-7-16-12/h1,3-4,9,12H,2,5-8H2. The van der Waals surface area contributed by atoms with E-state index in [1.54, 1.807) is 0 Å². The molecule has 0 aromatic heterocycles. The predicted octanol–water partition coefficient (Wildman–Crippen LogP) is 2.98. The summed E-state index contributed by atoms with van der Waals surface area (Å²) >= 11 is 3.40. The molecule has 0 spiro atoms. The van der Waals surface area contributed by atoms with Gasteiger partial charge < -0.3 is 14.2 Å². The van der Waals surface area contributed by atoms with Crippen LogP contribution in [0.2, 0.25) is 0 Å². The molecule has 1 saturated heterocycles. The van der Waals surface area contributed by atoms with Crippen molar-refractivity contribution in [3.8, 4) is 5.75 Å². The normalized spacial score (nSPS) is 17.3. The zero-order chi connectivity index (χ0) is 11.2. The van der Waals surface area contributed by atoms with Crippen LogP contribution in [0.3, 0.4) is 0 Å². The van der Waals surface area contributed by atoms with Crippen LogP contribution in [0.15, 0.2) is 28.7 Å². The highest BCUT2D eigenvalue weighted by Gasteiger charge is 2.13. The van der Waals surface area contributed by atoms with E-state index in [9.17, 15) is 0 Å². The van der Waals surface area contributed by atoms with Crippen molar-refractivity contribution in [2.24, 2.45) is 0 Å². The van der Waals surface area contributed by atoms with Gasteiger partial charge in [-0.2, -0.15) is 0 Å². The first kappa shape index (κ1) is 11.9. The number of halogens is 1. The SMILES string of the molecule is Brc1cccc(OCCC2OCCCO2)c1. The van der Waals surface area contributed by atoms with E-state index in [1.165, 1.54) is 0 Å². The Morgan fingerprint density at radius 3 is 2.88 bits per heavy atom. The molecule has 4 heteroatoms. The zero-order valence-electron chi connectivity index (χ0n) is 9.02. The second kappa shape index (κ2) is 6.23. The number of benzene rings is 1. The maximum absolute atomic E-state index is 5.60. The maximum Gasteiger partial charge on any atom is 0.160 e. The van der Waals surface area contributed by atoms with Crippen LogP contribution in [-0.2, 0) is 9.47 Å². The van der Waals surface area contributed by atoms with Crippen LogP contribution in [0, 0.1) is 0 Å². The molecule has 0 saturated carbocycles. The molecule has 1 fully saturated rings. The van der Waals surface area contributed by atoms with E-state index in [4.69, 9.17) is 14.2 Å². The van der Waals surface area contributed by atoms with E-state index in [1.807, 2.05) is 24.3 Å². The highest BCUT2D eigenvalue weighted by molar-refractivity contribution is 9.10. The fourth-order valence-corrected chi connectivity index (χ4v) is 1.91. The second-order valence-electron chi connectivity index (χ2n) is 3.62. The van der Waals surface area contributed by atoms with Crippen LogP contribution < -0.4 is 4.74 Å². The van der Waals surface area contributed by atoms with E-state index >= 15 is 0 Å². The Kier molecular flexibility index (Phi) is 4.63. The minimum absolute atomic E-state index is 0.0964. The van der Waals surface area contributed by atoms with Gasteiger partial charge in [0.25, 0.3) is 0 Å². The number of hydrogen-bond acceptors (Lipinski definition) is 3. The highest BCUT2D eigenvalue weighted by Crippen LogP contribution is 2.18. The van der Waals surface area contributed by atoms with Crippen LogP contribution in [-0.4, -0.2) is 26.1 Å². The quantitative estimate of drug-likeness (QED) is 0.852. The van der Waals surface area contributed by atoms with E-state index in [0.29, 0.717) is 6.61 Å². The summed E-state index contributed by atoms with van der Waals surface area (Å²) in [6, 6.07) is 7.81. The monoisotopic (exact) mass is 286 g/mol. The van der Waals surface area contributed by atoms with Crippen molar-refractivity contribution in [2.45, 2.75) is 19.1 Å². The molecule has 0 unspecified atom stereocenters. The van der Waals surface area contributed by atoms with Gasteiger partial charge in [0.05, 0.1) is 19.8 Å². The summed E-state index contributed by atoms with van der Waals surface area (Å²) in [7, 11) is 0. The van der Waals surface area contributed by atoms with Gasteiger partial charge in [-0.25, -0.2) is 0 Å². The molecule has 0 bridgehead atoms. The van der Waals surface area contributed by atoms with Gasteiger partial charge in [0.1, 0.15) is 5.75 Å². The summed E-state index contributed by atoms with van der Waals surface area (Å²) in [5.41, 5.74) is 0. The molecule has 88 valence electrons. The fraction of sp³-hybridized carbons (Fsp3) is 0.500. The molecule has 0 aliphatic carbocycles. The van der Waals surface area contributed by atoms with Crippen molar-refractivity contribution in [3.05, 3.63) is 28.7 Å². The van der Waals surface area contributed by atoms with Gasteiger partial charge in [0, 0.05) is 10.9 Å². The van der Waals surface area contributed by atoms with Gasteiger partial charge in [-0.1, -0.05) is 22.0 Å². The Hall–Kier alpha value is -0.580. The lowest BCUT2D eigenvalue weighted by Gasteiger charge is -2.23.